The number of fused-ring (bicyclic) bond motifs is 1. The van der Waals surface area contributed by atoms with Crippen LogP contribution in [-0.4, -0.2) is 29.1 Å². The van der Waals surface area contributed by atoms with Crippen molar-refractivity contribution in [3.05, 3.63) is 16.8 Å². The highest BCUT2D eigenvalue weighted by molar-refractivity contribution is 6.01. The van der Waals surface area contributed by atoms with E-state index >= 15 is 0 Å². The van der Waals surface area contributed by atoms with Gasteiger partial charge in [-0.25, -0.2) is 0 Å². The summed E-state index contributed by atoms with van der Waals surface area (Å²) in [7, 11) is 0. The highest BCUT2D eigenvalue weighted by Crippen LogP contribution is 2.37. The van der Waals surface area contributed by atoms with Crippen LogP contribution in [0.5, 0.6) is 0 Å². The normalized spacial score (nSPS) is 25.5. The van der Waals surface area contributed by atoms with Crippen molar-refractivity contribution in [1.29, 1.82) is 5.41 Å². The third-order valence-electron chi connectivity index (χ3n) is 5.30. The van der Waals surface area contributed by atoms with Crippen LogP contribution in [-0.2, 0) is 0 Å². The molecular formula is C16H25N5. The second-order valence-electron chi connectivity index (χ2n) is 6.56. The van der Waals surface area contributed by atoms with E-state index in [0.717, 1.165) is 47.6 Å². The molecule has 2 fully saturated rings. The number of anilines is 1. The fourth-order valence-corrected chi connectivity index (χ4v) is 3.93. The Kier molecular flexibility index (Phi) is 3.83. The predicted molar refractivity (Wildman–Crippen MR) is 84.8 cm³/mol. The van der Waals surface area contributed by atoms with Crippen LogP contribution in [0.1, 0.15) is 48.9 Å². The fourth-order valence-electron chi connectivity index (χ4n) is 3.93. The van der Waals surface area contributed by atoms with Gasteiger partial charge in [0.25, 0.3) is 0 Å². The van der Waals surface area contributed by atoms with Crippen LogP contribution in [0.2, 0.25) is 0 Å². The fraction of sp³-hybridized carbons (Fsp3) is 0.688. The number of hydrogen-bond donors (Lipinski definition) is 2. The van der Waals surface area contributed by atoms with E-state index in [-0.39, 0.29) is 5.84 Å². The number of rotatable bonds is 2. The summed E-state index contributed by atoms with van der Waals surface area (Å²) < 4.78 is 0. The molecule has 2 unspecified atom stereocenters. The SMILES string of the molecule is Cc1nnc(N2CCC3CCCCC3C2)c(C(=N)N)c1C. The molecule has 5 nitrogen and oxygen atoms in total. The Bertz CT molecular complexity index is 554. The van der Waals surface area contributed by atoms with Crippen molar-refractivity contribution in [1.82, 2.24) is 10.2 Å². The van der Waals surface area contributed by atoms with Gasteiger partial charge in [0.05, 0.1) is 11.3 Å². The first-order chi connectivity index (χ1) is 10.1. The average Bonchev–Trinajstić information content (AvgIpc) is 2.49. The molecule has 5 heteroatoms. The first kappa shape index (κ1) is 14.3. The zero-order valence-corrected chi connectivity index (χ0v) is 13.0. The lowest BCUT2D eigenvalue weighted by Crippen LogP contribution is -2.43. The lowest BCUT2D eigenvalue weighted by Gasteiger charge is -2.42. The molecule has 1 saturated heterocycles. The molecule has 1 saturated carbocycles. The number of nitrogens with zero attached hydrogens (tertiary/aromatic N) is 3. The lowest BCUT2D eigenvalue weighted by atomic mass is 9.75. The summed E-state index contributed by atoms with van der Waals surface area (Å²) in [5.41, 5.74) is 8.43. The van der Waals surface area contributed by atoms with Crippen molar-refractivity contribution in [2.45, 2.75) is 46.0 Å². The van der Waals surface area contributed by atoms with Gasteiger partial charge in [0.1, 0.15) is 5.84 Å². The van der Waals surface area contributed by atoms with Crippen LogP contribution in [0.25, 0.3) is 0 Å². The van der Waals surface area contributed by atoms with Crippen molar-refractivity contribution in [2.75, 3.05) is 18.0 Å². The van der Waals surface area contributed by atoms with E-state index in [2.05, 4.69) is 15.1 Å². The third-order valence-corrected chi connectivity index (χ3v) is 5.30. The quantitative estimate of drug-likeness (QED) is 0.646. The molecule has 2 atom stereocenters. The van der Waals surface area contributed by atoms with Gasteiger partial charge in [-0.2, -0.15) is 5.10 Å². The minimum Gasteiger partial charge on any atom is -0.384 e. The molecule has 1 aliphatic carbocycles. The molecule has 1 aromatic rings. The molecule has 3 rings (SSSR count). The third kappa shape index (κ3) is 2.61. The van der Waals surface area contributed by atoms with E-state index in [0.29, 0.717) is 0 Å². The van der Waals surface area contributed by atoms with Crippen LogP contribution < -0.4 is 10.6 Å². The first-order valence-electron chi connectivity index (χ1n) is 8.01. The Morgan fingerprint density at radius 2 is 1.86 bits per heavy atom. The maximum absolute atomic E-state index is 7.90. The Labute approximate surface area is 126 Å². The van der Waals surface area contributed by atoms with Gasteiger partial charge in [-0.1, -0.05) is 19.3 Å². The van der Waals surface area contributed by atoms with E-state index in [9.17, 15) is 0 Å². The number of hydrogen-bond acceptors (Lipinski definition) is 4. The van der Waals surface area contributed by atoms with Crippen molar-refractivity contribution >= 4 is 11.7 Å². The van der Waals surface area contributed by atoms with E-state index in [1.807, 2.05) is 13.8 Å². The molecule has 3 N–H and O–H groups in total. The highest BCUT2D eigenvalue weighted by Gasteiger charge is 2.33. The van der Waals surface area contributed by atoms with E-state index < -0.39 is 0 Å². The molecular weight excluding hydrogens is 262 g/mol. The second-order valence-corrected chi connectivity index (χ2v) is 6.56. The average molecular weight is 287 g/mol. The van der Waals surface area contributed by atoms with Crippen molar-refractivity contribution in [2.24, 2.45) is 17.6 Å². The molecule has 1 aliphatic heterocycles. The molecule has 0 bridgehead atoms. The van der Waals surface area contributed by atoms with Crippen LogP contribution in [0.4, 0.5) is 5.82 Å². The van der Waals surface area contributed by atoms with Gasteiger partial charge in [-0.05, 0) is 44.1 Å². The molecule has 1 aromatic heterocycles. The van der Waals surface area contributed by atoms with Gasteiger partial charge in [0.15, 0.2) is 5.82 Å². The molecule has 0 amide bonds. The number of nitrogens with two attached hydrogens (primary N) is 1. The molecule has 114 valence electrons. The summed E-state index contributed by atoms with van der Waals surface area (Å²) in [5.74, 6) is 2.58. The van der Waals surface area contributed by atoms with Gasteiger partial charge < -0.3 is 10.6 Å². The van der Waals surface area contributed by atoms with E-state index in [1.165, 1.54) is 32.1 Å². The monoisotopic (exact) mass is 287 g/mol. The topological polar surface area (TPSA) is 78.9 Å². The standard InChI is InChI=1S/C16H25N5/c1-10-11(2)19-20-16(14(10)15(17)18)21-8-7-12-5-3-4-6-13(12)9-21/h12-13H,3-9H2,1-2H3,(H3,17,18). The molecule has 0 radical (unpaired) electrons. The zero-order chi connectivity index (χ0) is 15.0. The Balaban J connectivity index is 1.90. The summed E-state index contributed by atoms with van der Waals surface area (Å²) in [6.45, 7) is 5.96. The molecule has 21 heavy (non-hydrogen) atoms. The van der Waals surface area contributed by atoms with Gasteiger partial charge in [0, 0.05) is 13.1 Å². The van der Waals surface area contributed by atoms with E-state index in [1.54, 1.807) is 0 Å². The Morgan fingerprint density at radius 1 is 1.14 bits per heavy atom. The molecule has 2 heterocycles. The maximum Gasteiger partial charge on any atom is 0.162 e. The summed E-state index contributed by atoms with van der Waals surface area (Å²) in [6, 6.07) is 0. The Morgan fingerprint density at radius 3 is 2.57 bits per heavy atom. The van der Waals surface area contributed by atoms with Crippen LogP contribution in [0, 0.1) is 31.1 Å². The number of aromatic nitrogens is 2. The number of amidine groups is 1. The number of nitrogen functional groups attached to an aromatic ring is 1. The second kappa shape index (κ2) is 5.62. The maximum atomic E-state index is 7.90. The van der Waals surface area contributed by atoms with E-state index in [4.69, 9.17) is 11.1 Å². The van der Waals surface area contributed by atoms with Crippen molar-refractivity contribution in [3.8, 4) is 0 Å². The lowest BCUT2D eigenvalue weighted by molar-refractivity contribution is 0.202. The summed E-state index contributed by atoms with van der Waals surface area (Å²) in [4.78, 5) is 2.31. The summed E-state index contributed by atoms with van der Waals surface area (Å²) >= 11 is 0. The summed E-state index contributed by atoms with van der Waals surface area (Å²) in [6.07, 6.45) is 6.69. The molecule has 0 spiro atoms. The van der Waals surface area contributed by atoms with Gasteiger partial charge in [-0.3, -0.25) is 5.41 Å². The van der Waals surface area contributed by atoms with Gasteiger partial charge >= 0.3 is 0 Å². The number of piperidine rings is 1. The van der Waals surface area contributed by atoms with Crippen molar-refractivity contribution < 1.29 is 0 Å². The minimum absolute atomic E-state index is 0.103. The van der Waals surface area contributed by atoms with Crippen LogP contribution in [0.3, 0.4) is 0 Å². The summed E-state index contributed by atoms with van der Waals surface area (Å²) in [5, 5.41) is 16.5. The number of nitrogens with one attached hydrogen (secondary N) is 1. The Hall–Kier alpha value is -1.65. The minimum atomic E-state index is 0.103. The van der Waals surface area contributed by atoms with Crippen LogP contribution in [0.15, 0.2) is 0 Å². The van der Waals surface area contributed by atoms with Crippen LogP contribution >= 0.6 is 0 Å². The zero-order valence-electron chi connectivity index (χ0n) is 13.0. The van der Waals surface area contributed by atoms with Crippen molar-refractivity contribution in [3.63, 3.8) is 0 Å². The highest BCUT2D eigenvalue weighted by atomic mass is 15.3. The van der Waals surface area contributed by atoms with Gasteiger partial charge in [0.2, 0.25) is 0 Å². The largest absolute Gasteiger partial charge is 0.384 e. The number of aryl methyl sites for hydroxylation is 1. The molecule has 0 aromatic carbocycles. The smallest absolute Gasteiger partial charge is 0.162 e. The van der Waals surface area contributed by atoms with Gasteiger partial charge in [-0.15, -0.1) is 5.10 Å². The predicted octanol–water partition coefficient (Wildman–Crippen LogP) is 2.39. The molecule has 2 aliphatic rings. The first-order valence-corrected chi connectivity index (χ1v) is 8.01.